The van der Waals surface area contributed by atoms with Crippen LogP contribution in [0.15, 0.2) is 11.1 Å². The highest BCUT2D eigenvalue weighted by Gasteiger charge is 2.46. The van der Waals surface area contributed by atoms with Crippen LogP contribution in [0, 0.1) is 0 Å². The first-order valence-electron chi connectivity index (χ1n) is 8.37. The molecule has 6 atom stereocenters. The largest absolute Gasteiger partial charge is 0.476 e. The number of H-pyrrole nitrogens is 1. The quantitative estimate of drug-likeness (QED) is 0.171. The smallest absolute Gasteiger partial charge is 0.387 e. The zero-order valence-corrected chi connectivity index (χ0v) is 18.3. The number of nitrogens with two attached hydrogens (primary N) is 1. The molecule has 3 heterocycles. The van der Waals surface area contributed by atoms with Crippen LogP contribution in [0.5, 0.6) is 0 Å². The molecule has 18 nitrogen and oxygen atoms in total. The van der Waals surface area contributed by atoms with Gasteiger partial charge in [-0.3, -0.25) is 23.5 Å². The lowest BCUT2D eigenvalue weighted by Crippen LogP contribution is -2.33. The highest BCUT2D eigenvalue weighted by Crippen LogP contribution is 2.64. The second kappa shape index (κ2) is 8.68. The number of aliphatic hydroxyl groups excluding tert-OH is 2. The van der Waals surface area contributed by atoms with Crippen molar-refractivity contribution in [3.05, 3.63) is 16.7 Å². The SMILES string of the molecule is Nc1nc2c(ncn2[C@@H]2O[C@@H](COP(=O)(O)CP(=O)(O)OP(=O)(O)O)[C@H](O)[C@H]2O)c(=O)[nH]1. The number of anilines is 1. The lowest BCUT2D eigenvalue weighted by molar-refractivity contribution is -0.0483. The number of imidazole rings is 1. The molecule has 2 unspecified atom stereocenters. The summed E-state index contributed by atoms with van der Waals surface area (Å²) in [5.74, 6) is -1.93. The first-order chi connectivity index (χ1) is 14.6. The van der Waals surface area contributed by atoms with E-state index in [4.69, 9.17) is 20.3 Å². The van der Waals surface area contributed by atoms with E-state index in [1.165, 1.54) is 0 Å². The monoisotopic (exact) mass is 521 g/mol. The highest BCUT2D eigenvalue weighted by molar-refractivity contribution is 7.74. The number of nitrogens with one attached hydrogen (secondary N) is 1. The van der Waals surface area contributed by atoms with Gasteiger partial charge in [0.2, 0.25) is 5.95 Å². The molecule has 9 N–H and O–H groups in total. The standard InChI is InChI=1S/C11H18N5O13P3/c12-11-14-8-5(9(19)15-11)13-2-16(8)10-7(18)6(17)4(28-10)1-27-30(20,21)3-31(22,23)29-32(24,25)26/h2,4,6-7,10,17-18H,1,3H2,(H,20,21)(H,22,23)(H2,24,25,26)(H3,12,14,15,19)/t4-,6-,7+,10+/m0/s1. The van der Waals surface area contributed by atoms with Crippen LogP contribution in [0.4, 0.5) is 5.95 Å². The Kier molecular flexibility index (Phi) is 6.81. The van der Waals surface area contributed by atoms with Gasteiger partial charge < -0.3 is 44.8 Å². The Bertz CT molecular complexity index is 1210. The molecule has 3 rings (SSSR count). The van der Waals surface area contributed by atoms with E-state index >= 15 is 0 Å². The van der Waals surface area contributed by atoms with Crippen molar-refractivity contribution in [2.45, 2.75) is 24.5 Å². The average molecular weight is 521 g/mol. The number of hydrogen-bond donors (Lipinski definition) is 8. The van der Waals surface area contributed by atoms with Gasteiger partial charge in [-0.05, 0) is 0 Å². The predicted molar refractivity (Wildman–Crippen MR) is 102 cm³/mol. The maximum absolute atomic E-state index is 12.0. The number of aromatic amines is 1. The molecule has 21 heteroatoms. The minimum absolute atomic E-state index is 0.0901. The van der Waals surface area contributed by atoms with Gasteiger partial charge in [-0.1, -0.05) is 0 Å². The van der Waals surface area contributed by atoms with Crippen LogP contribution >= 0.6 is 23.0 Å². The molecule has 180 valence electrons. The van der Waals surface area contributed by atoms with E-state index in [0.29, 0.717) is 0 Å². The number of nitrogens with zero attached hydrogens (tertiary/aromatic N) is 3. The summed E-state index contributed by atoms with van der Waals surface area (Å²) in [5.41, 5.74) is 4.57. The number of nitrogen functional groups attached to an aromatic ring is 1. The summed E-state index contributed by atoms with van der Waals surface area (Å²) >= 11 is 0. The predicted octanol–water partition coefficient (Wildman–Crippen LogP) is -2.22. The number of rotatable bonds is 8. The molecule has 0 spiro atoms. The molecule has 1 aliphatic heterocycles. The molecule has 0 aliphatic carbocycles. The fourth-order valence-corrected chi connectivity index (χ4v) is 7.39. The van der Waals surface area contributed by atoms with Crippen LogP contribution in [0.25, 0.3) is 11.2 Å². The Morgan fingerprint density at radius 1 is 1.16 bits per heavy atom. The van der Waals surface area contributed by atoms with Crippen molar-refractivity contribution in [3.63, 3.8) is 0 Å². The number of hydrogen-bond acceptors (Lipinski definition) is 12. The van der Waals surface area contributed by atoms with Crippen molar-refractivity contribution in [2.75, 3.05) is 18.2 Å². The van der Waals surface area contributed by atoms with Gasteiger partial charge >= 0.3 is 23.0 Å². The van der Waals surface area contributed by atoms with Crippen molar-refractivity contribution in [2.24, 2.45) is 0 Å². The molecule has 0 amide bonds. The van der Waals surface area contributed by atoms with Crippen molar-refractivity contribution in [3.8, 4) is 0 Å². The molecule has 0 bridgehead atoms. The molecule has 0 aromatic carbocycles. The number of phosphoric acid groups is 1. The maximum Gasteiger partial charge on any atom is 0.476 e. The second-order valence-corrected chi connectivity index (χ2v) is 12.2. The van der Waals surface area contributed by atoms with E-state index in [-0.39, 0.29) is 17.1 Å². The van der Waals surface area contributed by atoms with E-state index in [1.807, 2.05) is 0 Å². The van der Waals surface area contributed by atoms with Crippen LogP contribution in [-0.2, 0) is 27.3 Å². The Morgan fingerprint density at radius 3 is 2.44 bits per heavy atom. The van der Waals surface area contributed by atoms with Crippen molar-refractivity contribution in [1.82, 2.24) is 19.5 Å². The summed E-state index contributed by atoms with van der Waals surface area (Å²) in [6.45, 7) is -0.888. The minimum atomic E-state index is -5.44. The van der Waals surface area contributed by atoms with Crippen LogP contribution < -0.4 is 11.3 Å². The number of aliphatic hydroxyl groups is 2. The first kappa shape index (κ1) is 25.1. The van der Waals surface area contributed by atoms with Gasteiger partial charge in [0.1, 0.15) is 18.3 Å². The maximum atomic E-state index is 12.0. The lowest BCUT2D eigenvalue weighted by Gasteiger charge is -2.19. The van der Waals surface area contributed by atoms with Gasteiger partial charge in [0, 0.05) is 0 Å². The van der Waals surface area contributed by atoms with Gasteiger partial charge in [-0.25, -0.2) is 13.9 Å². The highest BCUT2D eigenvalue weighted by atomic mass is 31.3. The third-order valence-electron chi connectivity index (χ3n) is 4.09. The summed E-state index contributed by atoms with van der Waals surface area (Å²) in [7, 11) is -15.7. The van der Waals surface area contributed by atoms with Gasteiger partial charge in [-0.2, -0.15) is 4.98 Å². The van der Waals surface area contributed by atoms with E-state index in [1.54, 1.807) is 0 Å². The van der Waals surface area contributed by atoms with Gasteiger partial charge in [-0.15, -0.1) is 0 Å². The fourth-order valence-electron chi connectivity index (χ4n) is 2.87. The summed E-state index contributed by atoms with van der Waals surface area (Å²) in [5, 5.41) is 20.5. The van der Waals surface area contributed by atoms with E-state index in [2.05, 4.69) is 23.8 Å². The molecule has 0 saturated carbocycles. The van der Waals surface area contributed by atoms with Crippen LogP contribution in [0.2, 0.25) is 0 Å². The second-order valence-electron chi connectivity index (χ2n) is 6.61. The molecule has 1 fully saturated rings. The summed E-state index contributed by atoms with van der Waals surface area (Å²) < 4.78 is 49.0. The molecule has 0 radical (unpaired) electrons. The van der Waals surface area contributed by atoms with Gasteiger partial charge in [0.05, 0.1) is 12.9 Å². The van der Waals surface area contributed by atoms with Crippen LogP contribution in [0.3, 0.4) is 0 Å². The molecule has 2 aromatic rings. The molecule has 32 heavy (non-hydrogen) atoms. The number of aromatic nitrogens is 4. The fraction of sp³-hybridized carbons (Fsp3) is 0.545. The molecule has 2 aromatic heterocycles. The van der Waals surface area contributed by atoms with E-state index in [9.17, 15) is 38.5 Å². The number of ether oxygens (including phenoxy) is 1. The van der Waals surface area contributed by atoms with Crippen LogP contribution in [0.1, 0.15) is 6.23 Å². The van der Waals surface area contributed by atoms with E-state index < -0.39 is 65.6 Å². The number of fused-ring (bicyclic) bond motifs is 1. The summed E-state index contributed by atoms with van der Waals surface area (Å²) in [6, 6.07) is 0. The van der Waals surface area contributed by atoms with Crippen molar-refractivity contribution < 1.29 is 57.1 Å². The van der Waals surface area contributed by atoms with E-state index in [0.717, 1.165) is 10.9 Å². The normalized spacial score (nSPS) is 27.9. The van der Waals surface area contributed by atoms with Gasteiger partial charge in [0.25, 0.3) is 5.56 Å². The molecule has 1 aliphatic rings. The molecular weight excluding hydrogens is 503 g/mol. The zero-order chi connectivity index (χ0) is 24.1. The van der Waals surface area contributed by atoms with Gasteiger partial charge in [0.15, 0.2) is 23.3 Å². The lowest BCUT2D eigenvalue weighted by atomic mass is 10.1. The third-order valence-corrected chi connectivity index (χ3v) is 9.38. The zero-order valence-electron chi connectivity index (χ0n) is 15.6. The summed E-state index contributed by atoms with van der Waals surface area (Å²) in [4.78, 5) is 58.0. The Hall–Kier alpha value is -1.52. The minimum Gasteiger partial charge on any atom is -0.387 e. The molecular formula is C11H18N5O13P3. The topological polar surface area (TPSA) is 290 Å². The average Bonchev–Trinajstić information content (AvgIpc) is 3.12. The Morgan fingerprint density at radius 2 is 1.81 bits per heavy atom. The first-order valence-corrected chi connectivity index (χ1v) is 13.4. The van der Waals surface area contributed by atoms with Crippen molar-refractivity contribution >= 4 is 40.1 Å². The molecule has 1 saturated heterocycles. The third kappa shape index (κ3) is 5.69. The Balaban J connectivity index is 1.72. The van der Waals surface area contributed by atoms with Crippen molar-refractivity contribution in [1.29, 1.82) is 0 Å². The van der Waals surface area contributed by atoms with Crippen LogP contribution in [-0.4, -0.2) is 80.1 Å². The Labute approximate surface area is 176 Å². The summed E-state index contributed by atoms with van der Waals surface area (Å²) in [6.07, 6.45) is -5.09.